The van der Waals surface area contributed by atoms with Crippen molar-refractivity contribution in [2.75, 3.05) is 11.9 Å². The second-order valence-corrected chi connectivity index (χ2v) is 4.02. The molecular formula is C15H12N4. The van der Waals surface area contributed by atoms with E-state index in [1.54, 1.807) is 18.3 Å². The van der Waals surface area contributed by atoms with Crippen molar-refractivity contribution in [3.8, 4) is 12.1 Å². The minimum atomic E-state index is 0.397. The lowest BCUT2D eigenvalue weighted by atomic mass is 10.1. The smallest absolute Gasteiger partial charge is 0.101 e. The van der Waals surface area contributed by atoms with Gasteiger partial charge in [0.1, 0.15) is 12.1 Å². The van der Waals surface area contributed by atoms with Crippen LogP contribution in [-0.4, -0.2) is 11.5 Å². The molecule has 1 N–H and O–H groups in total. The normalized spacial score (nSPS) is 9.37. The Hall–Kier alpha value is -2.85. The van der Waals surface area contributed by atoms with Gasteiger partial charge in [0.25, 0.3) is 0 Å². The molecule has 92 valence electrons. The summed E-state index contributed by atoms with van der Waals surface area (Å²) in [6.07, 6.45) is 4.44. The molecule has 0 aliphatic carbocycles. The summed E-state index contributed by atoms with van der Waals surface area (Å²) < 4.78 is 0. The monoisotopic (exact) mass is 248 g/mol. The molecule has 0 bridgehead atoms. The third kappa shape index (κ3) is 3.31. The van der Waals surface area contributed by atoms with Gasteiger partial charge in [0.15, 0.2) is 0 Å². The van der Waals surface area contributed by atoms with E-state index in [1.807, 2.05) is 36.5 Å². The molecule has 4 heteroatoms. The van der Waals surface area contributed by atoms with E-state index >= 15 is 0 Å². The van der Waals surface area contributed by atoms with E-state index in [0.29, 0.717) is 11.1 Å². The molecule has 0 unspecified atom stereocenters. The largest absolute Gasteiger partial charge is 0.385 e. The summed E-state index contributed by atoms with van der Waals surface area (Å²) in [5.41, 5.74) is 2.80. The van der Waals surface area contributed by atoms with Crippen LogP contribution in [0.15, 0.2) is 42.7 Å². The maximum atomic E-state index is 8.94. The molecule has 0 saturated heterocycles. The second-order valence-electron chi connectivity index (χ2n) is 4.02. The quantitative estimate of drug-likeness (QED) is 0.902. The van der Waals surface area contributed by atoms with Gasteiger partial charge in [0.05, 0.1) is 11.1 Å². The van der Waals surface area contributed by atoms with Crippen LogP contribution in [0, 0.1) is 22.7 Å². The zero-order valence-corrected chi connectivity index (χ0v) is 10.3. The number of nitriles is 2. The van der Waals surface area contributed by atoms with Crippen LogP contribution in [0.4, 0.5) is 5.69 Å². The molecule has 0 amide bonds. The van der Waals surface area contributed by atoms with Gasteiger partial charge in [-0.2, -0.15) is 10.5 Å². The van der Waals surface area contributed by atoms with Crippen LogP contribution in [0.3, 0.4) is 0 Å². The second kappa shape index (κ2) is 6.18. The Bertz CT molecular complexity index is 635. The van der Waals surface area contributed by atoms with Gasteiger partial charge >= 0.3 is 0 Å². The average Bonchev–Trinajstić information content (AvgIpc) is 2.48. The van der Waals surface area contributed by atoms with Crippen LogP contribution in [0.1, 0.15) is 16.7 Å². The maximum Gasteiger partial charge on any atom is 0.101 e. The number of benzene rings is 1. The maximum absolute atomic E-state index is 8.94. The number of hydrogen-bond donors (Lipinski definition) is 1. The summed E-state index contributed by atoms with van der Waals surface area (Å²) in [6.45, 7) is 0.752. The van der Waals surface area contributed by atoms with Gasteiger partial charge in [0, 0.05) is 24.6 Å². The number of hydrogen-bond acceptors (Lipinski definition) is 4. The fraction of sp³-hybridized carbons (Fsp3) is 0.133. The number of nitrogens with one attached hydrogen (secondary N) is 1. The molecule has 1 aromatic heterocycles. The van der Waals surface area contributed by atoms with Gasteiger partial charge in [0.2, 0.25) is 0 Å². The van der Waals surface area contributed by atoms with Crippen LogP contribution >= 0.6 is 0 Å². The molecule has 0 spiro atoms. The van der Waals surface area contributed by atoms with E-state index in [0.717, 1.165) is 24.2 Å². The van der Waals surface area contributed by atoms with Crippen molar-refractivity contribution >= 4 is 5.69 Å². The van der Waals surface area contributed by atoms with Crippen molar-refractivity contribution in [2.45, 2.75) is 6.42 Å². The Kier molecular flexibility index (Phi) is 4.10. The number of nitrogens with zero attached hydrogens (tertiary/aromatic N) is 3. The van der Waals surface area contributed by atoms with Crippen LogP contribution in [0.25, 0.3) is 0 Å². The van der Waals surface area contributed by atoms with Gasteiger partial charge in [-0.05, 0) is 36.2 Å². The Labute approximate surface area is 112 Å². The van der Waals surface area contributed by atoms with Crippen LogP contribution in [-0.2, 0) is 6.42 Å². The lowest BCUT2D eigenvalue weighted by Gasteiger charge is -2.07. The summed E-state index contributed by atoms with van der Waals surface area (Å²) >= 11 is 0. The molecule has 19 heavy (non-hydrogen) atoms. The lowest BCUT2D eigenvalue weighted by molar-refractivity contribution is 1.00. The molecular weight excluding hydrogens is 236 g/mol. The minimum absolute atomic E-state index is 0.397. The van der Waals surface area contributed by atoms with Gasteiger partial charge < -0.3 is 5.32 Å². The van der Waals surface area contributed by atoms with Gasteiger partial charge in [-0.1, -0.05) is 6.07 Å². The minimum Gasteiger partial charge on any atom is -0.385 e. The zero-order valence-electron chi connectivity index (χ0n) is 10.3. The molecule has 2 aromatic rings. The molecule has 0 aliphatic rings. The highest BCUT2D eigenvalue weighted by atomic mass is 14.9. The van der Waals surface area contributed by atoms with E-state index < -0.39 is 0 Å². The third-order valence-corrected chi connectivity index (χ3v) is 2.73. The topological polar surface area (TPSA) is 72.5 Å². The predicted molar refractivity (Wildman–Crippen MR) is 72.3 cm³/mol. The molecule has 0 aliphatic heterocycles. The summed E-state index contributed by atoms with van der Waals surface area (Å²) in [4.78, 5) is 4.05. The molecule has 0 saturated carbocycles. The summed E-state index contributed by atoms with van der Waals surface area (Å²) in [5, 5.41) is 21.0. The van der Waals surface area contributed by atoms with Crippen molar-refractivity contribution in [2.24, 2.45) is 0 Å². The Morgan fingerprint density at radius 3 is 2.63 bits per heavy atom. The van der Waals surface area contributed by atoms with Crippen molar-refractivity contribution in [3.63, 3.8) is 0 Å². The first-order valence-electron chi connectivity index (χ1n) is 5.90. The van der Waals surface area contributed by atoms with E-state index in [4.69, 9.17) is 10.5 Å². The Morgan fingerprint density at radius 2 is 1.95 bits per heavy atom. The Balaban J connectivity index is 1.98. The number of aromatic nitrogens is 1. The molecule has 0 radical (unpaired) electrons. The van der Waals surface area contributed by atoms with Crippen LogP contribution in [0.5, 0.6) is 0 Å². The third-order valence-electron chi connectivity index (χ3n) is 2.73. The molecule has 2 rings (SSSR count). The molecule has 1 aromatic carbocycles. The zero-order chi connectivity index (χ0) is 13.5. The first kappa shape index (κ1) is 12.6. The highest BCUT2D eigenvalue weighted by Gasteiger charge is 2.02. The van der Waals surface area contributed by atoms with Gasteiger partial charge in [-0.3, -0.25) is 4.98 Å². The first-order valence-corrected chi connectivity index (χ1v) is 5.90. The van der Waals surface area contributed by atoms with E-state index in [9.17, 15) is 0 Å². The van der Waals surface area contributed by atoms with Crippen molar-refractivity contribution in [1.29, 1.82) is 10.5 Å². The number of rotatable bonds is 4. The van der Waals surface area contributed by atoms with Gasteiger partial charge in [-0.25, -0.2) is 0 Å². The summed E-state index contributed by atoms with van der Waals surface area (Å²) in [7, 11) is 0. The van der Waals surface area contributed by atoms with Crippen molar-refractivity contribution in [1.82, 2.24) is 4.98 Å². The van der Waals surface area contributed by atoms with Crippen LogP contribution in [0.2, 0.25) is 0 Å². The van der Waals surface area contributed by atoms with Gasteiger partial charge in [-0.15, -0.1) is 0 Å². The highest BCUT2D eigenvalue weighted by Crippen LogP contribution is 2.14. The fourth-order valence-corrected chi connectivity index (χ4v) is 1.74. The predicted octanol–water partition coefficient (Wildman–Crippen LogP) is 2.48. The molecule has 0 atom stereocenters. The summed E-state index contributed by atoms with van der Waals surface area (Å²) in [5.74, 6) is 0. The highest BCUT2D eigenvalue weighted by molar-refractivity contribution is 5.56. The fourth-order valence-electron chi connectivity index (χ4n) is 1.74. The van der Waals surface area contributed by atoms with Crippen LogP contribution < -0.4 is 5.32 Å². The molecule has 4 nitrogen and oxygen atoms in total. The lowest BCUT2D eigenvalue weighted by Crippen LogP contribution is -2.05. The summed E-state index contributed by atoms with van der Waals surface area (Å²) in [6, 6.07) is 13.1. The average molecular weight is 248 g/mol. The van der Waals surface area contributed by atoms with E-state index in [-0.39, 0.29) is 0 Å². The molecule has 0 fully saturated rings. The van der Waals surface area contributed by atoms with E-state index in [2.05, 4.69) is 10.3 Å². The standard InChI is InChI=1S/C15H12N4/c16-9-13-3-4-15(8-14(13)10-17)19-7-5-12-2-1-6-18-11-12/h1-4,6,8,11,19H,5,7H2. The van der Waals surface area contributed by atoms with Crippen molar-refractivity contribution < 1.29 is 0 Å². The Morgan fingerprint density at radius 1 is 1.11 bits per heavy atom. The number of anilines is 1. The SMILES string of the molecule is N#Cc1ccc(NCCc2cccnc2)cc1C#N. The molecule has 1 heterocycles. The van der Waals surface area contributed by atoms with Crippen molar-refractivity contribution in [3.05, 3.63) is 59.4 Å². The first-order chi connectivity index (χ1) is 9.33. The number of pyridine rings is 1. The van der Waals surface area contributed by atoms with E-state index in [1.165, 1.54) is 0 Å².